The first-order chi connectivity index (χ1) is 14.7. The highest BCUT2D eigenvalue weighted by molar-refractivity contribution is 6.08. The van der Waals surface area contributed by atoms with Crippen LogP contribution in [0.15, 0.2) is 42.5 Å². The fourth-order valence-electron chi connectivity index (χ4n) is 5.58. The van der Waals surface area contributed by atoms with Crippen LogP contribution in [0.1, 0.15) is 66.2 Å². The van der Waals surface area contributed by atoms with E-state index in [9.17, 15) is 9.59 Å². The van der Waals surface area contributed by atoms with E-state index in [1.54, 1.807) is 0 Å². The van der Waals surface area contributed by atoms with Gasteiger partial charge in [-0.3, -0.25) is 9.59 Å². The maximum atomic E-state index is 13.3. The molecule has 5 heteroatoms. The fraction of sp³-hybridized carbons (Fsp3) is 0.520. The van der Waals surface area contributed by atoms with Crippen LogP contribution in [0.3, 0.4) is 0 Å². The van der Waals surface area contributed by atoms with Crippen molar-refractivity contribution in [2.24, 2.45) is 0 Å². The number of fused-ring (bicyclic) bond motifs is 1. The third-order valence-corrected chi connectivity index (χ3v) is 7.26. The summed E-state index contributed by atoms with van der Waals surface area (Å²) in [7, 11) is 0. The molecule has 2 aromatic rings. The van der Waals surface area contributed by atoms with Gasteiger partial charge in [-0.1, -0.05) is 36.8 Å². The molecule has 1 aromatic heterocycles. The number of likely N-dealkylation sites (tertiary alicyclic amines) is 2. The van der Waals surface area contributed by atoms with Gasteiger partial charge in [0.05, 0.1) is 11.6 Å². The van der Waals surface area contributed by atoms with Gasteiger partial charge in [0.15, 0.2) is 0 Å². The van der Waals surface area contributed by atoms with E-state index in [0.29, 0.717) is 17.3 Å². The molecule has 0 aliphatic carbocycles. The van der Waals surface area contributed by atoms with Gasteiger partial charge < -0.3 is 14.4 Å². The Balaban J connectivity index is 1.25. The molecule has 5 nitrogen and oxygen atoms in total. The van der Waals surface area contributed by atoms with Gasteiger partial charge in [-0.15, -0.1) is 0 Å². The summed E-state index contributed by atoms with van der Waals surface area (Å²) in [5.41, 5.74) is 2.42. The summed E-state index contributed by atoms with van der Waals surface area (Å²) in [5, 5.41) is 0. The number of hydrogen-bond donors (Lipinski definition) is 0. The molecule has 0 radical (unpaired) electrons. The van der Waals surface area contributed by atoms with Crippen LogP contribution < -0.4 is 0 Å². The summed E-state index contributed by atoms with van der Waals surface area (Å²) in [4.78, 5) is 30.9. The SMILES string of the molecule is O=C(c1ccccc1)c1ccc2n1CC[C@@H]2C(=O)N1CCC(N2CCCCC2)CC1. The largest absolute Gasteiger partial charge is 0.342 e. The summed E-state index contributed by atoms with van der Waals surface area (Å²) in [6.45, 7) is 4.94. The number of nitrogens with zero attached hydrogens (tertiary/aromatic N) is 3. The Bertz CT molecular complexity index is 906. The van der Waals surface area contributed by atoms with E-state index in [-0.39, 0.29) is 17.6 Å². The number of hydrogen-bond acceptors (Lipinski definition) is 3. The van der Waals surface area contributed by atoms with Gasteiger partial charge in [0.2, 0.25) is 11.7 Å². The molecular weight excluding hydrogens is 374 g/mol. The van der Waals surface area contributed by atoms with Crippen molar-refractivity contribution in [3.63, 3.8) is 0 Å². The molecule has 1 amide bonds. The maximum absolute atomic E-state index is 13.3. The minimum Gasteiger partial charge on any atom is -0.342 e. The predicted octanol–water partition coefficient (Wildman–Crippen LogP) is 3.68. The van der Waals surface area contributed by atoms with Crippen molar-refractivity contribution in [3.8, 4) is 0 Å². The van der Waals surface area contributed by atoms with Crippen LogP contribution in [-0.4, -0.2) is 58.3 Å². The number of rotatable bonds is 4. The second-order valence-corrected chi connectivity index (χ2v) is 8.98. The number of amides is 1. The molecule has 4 heterocycles. The van der Waals surface area contributed by atoms with Gasteiger partial charge in [0.1, 0.15) is 0 Å². The smallest absolute Gasteiger partial charge is 0.231 e. The van der Waals surface area contributed by atoms with E-state index in [1.807, 2.05) is 42.5 Å². The molecule has 0 N–H and O–H groups in total. The third kappa shape index (κ3) is 3.60. The van der Waals surface area contributed by atoms with Crippen molar-refractivity contribution in [2.45, 2.75) is 57.0 Å². The Morgan fingerprint density at radius 2 is 1.50 bits per heavy atom. The van der Waals surface area contributed by atoms with Gasteiger partial charge in [-0.2, -0.15) is 0 Å². The highest BCUT2D eigenvalue weighted by Gasteiger charge is 2.36. The van der Waals surface area contributed by atoms with E-state index in [1.165, 1.54) is 32.4 Å². The average molecular weight is 406 g/mol. The lowest BCUT2D eigenvalue weighted by molar-refractivity contribution is -0.134. The van der Waals surface area contributed by atoms with Gasteiger partial charge in [0, 0.05) is 36.9 Å². The van der Waals surface area contributed by atoms with E-state index in [2.05, 4.69) is 14.4 Å². The van der Waals surface area contributed by atoms with Crippen LogP contribution in [0.5, 0.6) is 0 Å². The second-order valence-electron chi connectivity index (χ2n) is 8.98. The van der Waals surface area contributed by atoms with Crippen molar-refractivity contribution in [1.82, 2.24) is 14.4 Å². The third-order valence-electron chi connectivity index (χ3n) is 7.26. The number of benzene rings is 1. The Morgan fingerprint density at radius 3 is 2.23 bits per heavy atom. The normalized spacial score (nSPS) is 22.8. The molecule has 0 spiro atoms. The molecule has 2 saturated heterocycles. The first-order valence-corrected chi connectivity index (χ1v) is 11.5. The molecule has 158 valence electrons. The zero-order valence-corrected chi connectivity index (χ0v) is 17.6. The fourth-order valence-corrected chi connectivity index (χ4v) is 5.58. The summed E-state index contributed by atoms with van der Waals surface area (Å²) in [6, 6.07) is 13.9. The zero-order chi connectivity index (χ0) is 20.5. The molecule has 2 fully saturated rings. The highest BCUT2D eigenvalue weighted by Crippen LogP contribution is 2.34. The minimum atomic E-state index is -0.103. The van der Waals surface area contributed by atoms with E-state index in [0.717, 1.165) is 44.6 Å². The number of aromatic nitrogens is 1. The second kappa shape index (κ2) is 8.38. The van der Waals surface area contributed by atoms with E-state index < -0.39 is 0 Å². The molecule has 3 aliphatic heterocycles. The Hall–Kier alpha value is -2.40. The predicted molar refractivity (Wildman–Crippen MR) is 117 cm³/mol. The first-order valence-electron chi connectivity index (χ1n) is 11.5. The Morgan fingerprint density at radius 1 is 0.767 bits per heavy atom. The van der Waals surface area contributed by atoms with Crippen LogP contribution in [0, 0.1) is 0 Å². The van der Waals surface area contributed by atoms with Crippen LogP contribution in [0.25, 0.3) is 0 Å². The number of carbonyl (C=O) groups is 2. The lowest BCUT2D eigenvalue weighted by Crippen LogP contribution is -2.49. The number of carbonyl (C=O) groups excluding carboxylic acids is 2. The summed E-state index contributed by atoms with van der Waals surface area (Å²) < 4.78 is 2.07. The van der Waals surface area contributed by atoms with Crippen LogP contribution >= 0.6 is 0 Å². The van der Waals surface area contributed by atoms with E-state index >= 15 is 0 Å². The first kappa shape index (κ1) is 19.6. The lowest BCUT2D eigenvalue weighted by Gasteiger charge is -2.40. The van der Waals surface area contributed by atoms with Crippen molar-refractivity contribution >= 4 is 11.7 Å². The van der Waals surface area contributed by atoms with E-state index in [4.69, 9.17) is 0 Å². The Kier molecular flexibility index (Phi) is 5.47. The molecule has 30 heavy (non-hydrogen) atoms. The Labute approximate surface area is 178 Å². The molecule has 3 aliphatic rings. The standard InChI is InChI=1S/C25H31N3O2/c29-24(19-7-3-1-4-8-19)23-10-9-22-21(13-18-28(22)23)25(30)27-16-11-20(12-17-27)26-14-5-2-6-15-26/h1,3-4,7-10,20-21H,2,5-6,11-18H2/t21-/m0/s1. The van der Waals surface area contributed by atoms with Crippen molar-refractivity contribution < 1.29 is 9.59 Å². The summed E-state index contributed by atoms with van der Waals surface area (Å²) in [6.07, 6.45) is 7.00. The van der Waals surface area contributed by atoms with Crippen LogP contribution in [0.4, 0.5) is 0 Å². The summed E-state index contributed by atoms with van der Waals surface area (Å²) >= 11 is 0. The molecule has 5 rings (SSSR count). The van der Waals surface area contributed by atoms with Gasteiger partial charge in [0.25, 0.3) is 0 Å². The molecule has 0 saturated carbocycles. The van der Waals surface area contributed by atoms with Gasteiger partial charge in [-0.25, -0.2) is 0 Å². The minimum absolute atomic E-state index is 0.0392. The lowest BCUT2D eigenvalue weighted by atomic mass is 9.97. The van der Waals surface area contributed by atoms with Crippen molar-refractivity contribution in [2.75, 3.05) is 26.2 Å². The maximum Gasteiger partial charge on any atom is 0.231 e. The summed E-state index contributed by atoms with van der Waals surface area (Å²) in [5.74, 6) is 0.189. The van der Waals surface area contributed by atoms with Crippen molar-refractivity contribution in [3.05, 3.63) is 59.4 Å². The highest BCUT2D eigenvalue weighted by atomic mass is 16.2. The topological polar surface area (TPSA) is 45.6 Å². The molecule has 1 aromatic carbocycles. The quantitative estimate of drug-likeness (QED) is 0.729. The molecule has 0 unspecified atom stereocenters. The van der Waals surface area contributed by atoms with Crippen LogP contribution in [-0.2, 0) is 11.3 Å². The van der Waals surface area contributed by atoms with Gasteiger partial charge >= 0.3 is 0 Å². The zero-order valence-electron chi connectivity index (χ0n) is 17.6. The van der Waals surface area contributed by atoms with Crippen molar-refractivity contribution in [1.29, 1.82) is 0 Å². The molecule has 0 bridgehead atoms. The average Bonchev–Trinajstić information content (AvgIpc) is 3.42. The molecular formula is C25H31N3O2. The number of ketones is 1. The van der Waals surface area contributed by atoms with Gasteiger partial charge in [-0.05, 0) is 57.3 Å². The van der Waals surface area contributed by atoms with Crippen LogP contribution in [0.2, 0.25) is 0 Å². The molecule has 1 atom stereocenters. The monoisotopic (exact) mass is 405 g/mol. The number of piperidine rings is 2.